The molecular weight excluding hydrogens is 1140 g/mol. The number of hydrogen-bond acceptors (Lipinski definition) is 15. The van der Waals surface area contributed by atoms with Gasteiger partial charge in [-0.25, -0.2) is 9.13 Å². The second kappa shape index (κ2) is 59.4. The summed E-state index contributed by atoms with van der Waals surface area (Å²) in [5.41, 5.74) is 0. The predicted molar refractivity (Wildman–Crippen MR) is 345 cm³/mol. The highest BCUT2D eigenvalue weighted by atomic mass is 31.2. The Labute approximate surface area is 524 Å². The van der Waals surface area contributed by atoms with Crippen molar-refractivity contribution in [2.24, 2.45) is 11.8 Å². The molecule has 17 nitrogen and oxygen atoms in total. The first kappa shape index (κ1) is 84.1. The Hall–Kier alpha value is -1.94. The van der Waals surface area contributed by atoms with Crippen LogP contribution in [0.4, 0.5) is 0 Å². The molecule has 510 valence electrons. The fourth-order valence-corrected chi connectivity index (χ4v) is 11.6. The van der Waals surface area contributed by atoms with Crippen molar-refractivity contribution < 1.29 is 80.2 Å². The van der Waals surface area contributed by atoms with Crippen LogP contribution in [0.15, 0.2) is 0 Å². The molecule has 19 heteroatoms. The minimum absolute atomic E-state index is 0.105. The summed E-state index contributed by atoms with van der Waals surface area (Å²) in [4.78, 5) is 72.3. The lowest BCUT2D eigenvalue weighted by atomic mass is 9.99. The third-order valence-corrected chi connectivity index (χ3v) is 17.7. The zero-order valence-electron chi connectivity index (χ0n) is 55.6. The van der Waals surface area contributed by atoms with E-state index < -0.39 is 97.5 Å². The Bertz CT molecular complexity index is 1690. The summed E-state index contributed by atoms with van der Waals surface area (Å²) in [7, 11) is -9.89. The third-order valence-electron chi connectivity index (χ3n) is 15.8. The molecule has 0 aliphatic heterocycles. The molecule has 0 rings (SSSR count). The van der Waals surface area contributed by atoms with Gasteiger partial charge in [0.05, 0.1) is 26.4 Å². The monoisotopic (exact) mass is 1270 g/mol. The van der Waals surface area contributed by atoms with Gasteiger partial charge in [0.2, 0.25) is 0 Å². The minimum Gasteiger partial charge on any atom is -0.462 e. The summed E-state index contributed by atoms with van der Waals surface area (Å²) >= 11 is 0. The minimum atomic E-state index is -4.95. The van der Waals surface area contributed by atoms with Crippen LogP contribution in [0.25, 0.3) is 0 Å². The number of aliphatic hydroxyl groups is 1. The van der Waals surface area contributed by atoms with Crippen LogP contribution in [-0.4, -0.2) is 96.7 Å². The number of aliphatic hydroxyl groups excluding tert-OH is 1. The Morgan fingerprint density at radius 1 is 0.337 bits per heavy atom. The summed E-state index contributed by atoms with van der Waals surface area (Å²) in [5.74, 6) is -0.598. The maximum Gasteiger partial charge on any atom is 0.472 e. The van der Waals surface area contributed by atoms with Gasteiger partial charge >= 0.3 is 39.5 Å². The van der Waals surface area contributed by atoms with Crippen LogP contribution < -0.4 is 0 Å². The van der Waals surface area contributed by atoms with Gasteiger partial charge in [-0.2, -0.15) is 0 Å². The van der Waals surface area contributed by atoms with E-state index in [2.05, 4.69) is 41.5 Å². The predicted octanol–water partition coefficient (Wildman–Crippen LogP) is 18.8. The molecule has 0 saturated carbocycles. The van der Waals surface area contributed by atoms with Crippen molar-refractivity contribution in [3.8, 4) is 0 Å². The molecule has 0 heterocycles. The molecule has 0 aliphatic rings. The summed E-state index contributed by atoms with van der Waals surface area (Å²) < 4.78 is 68.1. The molecule has 0 aromatic rings. The molecule has 0 bridgehead atoms. The van der Waals surface area contributed by atoms with E-state index in [1.807, 2.05) is 0 Å². The number of rotatable bonds is 66. The number of unbranched alkanes of at least 4 members (excludes halogenated alkanes) is 35. The Balaban J connectivity index is 5.22. The first-order chi connectivity index (χ1) is 41.4. The highest BCUT2D eigenvalue weighted by Crippen LogP contribution is 2.45. The average molecular weight is 1270 g/mol. The summed E-state index contributed by atoms with van der Waals surface area (Å²) in [5, 5.41) is 10.6. The van der Waals surface area contributed by atoms with Crippen molar-refractivity contribution in [1.29, 1.82) is 0 Å². The van der Waals surface area contributed by atoms with Crippen molar-refractivity contribution in [1.82, 2.24) is 0 Å². The normalized spacial score (nSPS) is 14.5. The molecule has 0 fully saturated rings. The van der Waals surface area contributed by atoms with Crippen LogP contribution in [0.3, 0.4) is 0 Å². The van der Waals surface area contributed by atoms with Gasteiger partial charge in [0.1, 0.15) is 19.3 Å². The number of esters is 4. The molecule has 0 saturated heterocycles. The smallest absolute Gasteiger partial charge is 0.462 e. The molecule has 0 aromatic heterocycles. The van der Waals surface area contributed by atoms with E-state index in [0.717, 1.165) is 115 Å². The van der Waals surface area contributed by atoms with Crippen LogP contribution in [0.1, 0.15) is 337 Å². The van der Waals surface area contributed by atoms with E-state index in [9.17, 15) is 43.2 Å². The number of hydrogen-bond donors (Lipinski definition) is 3. The number of ether oxygens (including phenoxy) is 4. The Morgan fingerprint density at radius 3 is 0.884 bits per heavy atom. The lowest BCUT2D eigenvalue weighted by Crippen LogP contribution is -2.30. The average Bonchev–Trinajstić information content (AvgIpc) is 3.68. The SMILES string of the molecule is CCCCCCCCCCCCCCCC(=O)OC[C@H](COP(=O)(O)OC[C@@H](O)COP(=O)(O)OC[C@@H](COC(=O)CCCCCCCCC)OC(=O)CCCCCCCCCCC(C)CC)OC(=O)CCCCCCCCCCCCCC(C)C. The van der Waals surface area contributed by atoms with Crippen molar-refractivity contribution in [2.45, 2.75) is 355 Å². The Kier molecular flexibility index (Phi) is 58.0. The van der Waals surface area contributed by atoms with E-state index in [1.54, 1.807) is 0 Å². The van der Waals surface area contributed by atoms with E-state index >= 15 is 0 Å². The van der Waals surface area contributed by atoms with Gasteiger partial charge in [-0.15, -0.1) is 0 Å². The molecule has 6 atom stereocenters. The zero-order chi connectivity index (χ0) is 63.6. The van der Waals surface area contributed by atoms with Crippen LogP contribution in [-0.2, 0) is 65.4 Å². The highest BCUT2D eigenvalue weighted by molar-refractivity contribution is 7.47. The van der Waals surface area contributed by atoms with E-state index in [1.165, 1.54) is 141 Å². The van der Waals surface area contributed by atoms with Gasteiger partial charge in [-0.05, 0) is 37.5 Å². The summed E-state index contributed by atoms with van der Waals surface area (Å²) in [6.45, 7) is 9.48. The first-order valence-corrected chi connectivity index (χ1v) is 38.0. The number of phosphoric acid groups is 2. The number of carbonyl (C=O) groups excluding carboxylic acids is 4. The molecule has 3 unspecified atom stereocenters. The maximum absolute atomic E-state index is 13.0. The quantitative estimate of drug-likeness (QED) is 0.0222. The van der Waals surface area contributed by atoms with E-state index in [0.29, 0.717) is 25.7 Å². The summed E-state index contributed by atoms with van der Waals surface area (Å²) in [6, 6.07) is 0. The second-order valence-electron chi connectivity index (χ2n) is 24.9. The summed E-state index contributed by atoms with van der Waals surface area (Å²) in [6.07, 6.45) is 43.0. The van der Waals surface area contributed by atoms with Gasteiger partial charge < -0.3 is 33.8 Å². The van der Waals surface area contributed by atoms with Crippen LogP contribution in [0, 0.1) is 11.8 Å². The maximum atomic E-state index is 13.0. The van der Waals surface area contributed by atoms with Crippen LogP contribution in [0.2, 0.25) is 0 Å². The van der Waals surface area contributed by atoms with Gasteiger partial charge in [0, 0.05) is 25.7 Å². The van der Waals surface area contributed by atoms with Crippen LogP contribution >= 0.6 is 15.6 Å². The fraction of sp³-hybridized carbons (Fsp3) is 0.940. The second-order valence-corrected chi connectivity index (χ2v) is 27.8. The van der Waals surface area contributed by atoms with Gasteiger partial charge in [-0.1, -0.05) is 286 Å². The van der Waals surface area contributed by atoms with Crippen molar-refractivity contribution in [3.05, 3.63) is 0 Å². The van der Waals surface area contributed by atoms with E-state index in [4.69, 9.17) is 37.0 Å². The topological polar surface area (TPSA) is 237 Å². The lowest BCUT2D eigenvalue weighted by molar-refractivity contribution is -0.161. The molecule has 0 aromatic carbocycles. The molecule has 0 radical (unpaired) electrons. The third kappa shape index (κ3) is 59.7. The molecule has 0 aliphatic carbocycles. The molecule has 3 N–H and O–H groups in total. The largest absolute Gasteiger partial charge is 0.472 e. The van der Waals surface area contributed by atoms with Crippen molar-refractivity contribution >= 4 is 39.5 Å². The number of carbonyl (C=O) groups is 4. The lowest BCUT2D eigenvalue weighted by Gasteiger charge is -2.21. The highest BCUT2D eigenvalue weighted by Gasteiger charge is 2.30. The van der Waals surface area contributed by atoms with Crippen molar-refractivity contribution in [3.63, 3.8) is 0 Å². The Morgan fingerprint density at radius 2 is 0.593 bits per heavy atom. The van der Waals surface area contributed by atoms with Gasteiger partial charge in [-0.3, -0.25) is 37.3 Å². The van der Waals surface area contributed by atoms with Gasteiger partial charge in [0.15, 0.2) is 12.2 Å². The molecular formula is C67H130O17P2. The number of phosphoric ester groups is 2. The first-order valence-electron chi connectivity index (χ1n) is 35.0. The molecule has 0 amide bonds. The van der Waals surface area contributed by atoms with Crippen molar-refractivity contribution in [2.75, 3.05) is 39.6 Å². The molecule has 0 spiro atoms. The van der Waals surface area contributed by atoms with Gasteiger partial charge in [0.25, 0.3) is 0 Å². The standard InChI is InChI=1S/C67H130O17P2/c1-7-10-12-14-16-17-18-19-22-25-32-38-44-50-65(70)78-56-63(83-66(71)51-45-39-33-26-23-20-21-24-30-35-41-47-59(4)5)58-82-86(75,76)80-54-61(68)53-79-85(73,74)81-57-62(55-77-64(69)49-43-37-29-15-13-11-8-2)84-67(72)52-46-40-34-28-27-31-36-42-48-60(6)9-3/h59-63,68H,7-58H2,1-6H3,(H,73,74)(H,75,76)/t60?,61-,62+,63+/m0/s1. The fourth-order valence-electron chi connectivity index (χ4n) is 10.0. The molecule has 86 heavy (non-hydrogen) atoms. The van der Waals surface area contributed by atoms with E-state index in [-0.39, 0.29) is 25.7 Å². The zero-order valence-corrected chi connectivity index (χ0v) is 57.4. The van der Waals surface area contributed by atoms with Crippen LogP contribution in [0.5, 0.6) is 0 Å².